The quantitative estimate of drug-likeness (QED) is 0.540. The molecule has 0 aliphatic carbocycles. The molecule has 0 aliphatic rings. The second-order valence-electron chi connectivity index (χ2n) is 1.97. The molecule has 0 amide bonds. The van der Waals surface area contributed by atoms with Crippen molar-refractivity contribution in [2.45, 2.75) is 24.6 Å². The average molecular weight is 260 g/mol. The van der Waals surface area contributed by atoms with Crippen LogP contribution < -0.4 is 0 Å². The number of halogens is 6. The van der Waals surface area contributed by atoms with Gasteiger partial charge >= 0.3 is 37.1 Å². The van der Waals surface area contributed by atoms with Gasteiger partial charge in [0.1, 0.15) is 0 Å². The second kappa shape index (κ2) is 5.84. The van der Waals surface area contributed by atoms with E-state index in [4.69, 9.17) is 10.2 Å². The number of alkyl halides is 6. The van der Waals surface area contributed by atoms with Crippen molar-refractivity contribution in [3.05, 3.63) is 0 Å². The van der Waals surface area contributed by atoms with E-state index in [9.17, 15) is 26.3 Å². The summed E-state index contributed by atoms with van der Waals surface area (Å²) in [5.41, 5.74) is 0. The molecule has 9 heteroatoms. The van der Waals surface area contributed by atoms with E-state index in [0.717, 1.165) is 0 Å². The molecule has 0 saturated carbocycles. The fourth-order valence-corrected chi connectivity index (χ4v) is 0.358. The fraction of sp³-hybridized carbons (Fsp3) is 0.800. The summed E-state index contributed by atoms with van der Waals surface area (Å²) in [5.74, 6) is 0. The van der Waals surface area contributed by atoms with E-state index >= 15 is 0 Å². The van der Waals surface area contributed by atoms with Crippen LogP contribution in [0.5, 0.6) is 0 Å². The Hall–Kier alpha value is 0.0843. The van der Waals surface area contributed by atoms with Crippen LogP contribution in [0.25, 0.3) is 0 Å². The number of hydrogen-bond donors (Lipinski definition) is 2. The van der Waals surface area contributed by atoms with Crippen molar-refractivity contribution in [3.8, 4) is 0 Å². The van der Waals surface area contributed by atoms with Crippen molar-refractivity contribution >= 4 is 4.82 Å². The van der Waals surface area contributed by atoms with Crippen molar-refractivity contribution in [2.75, 3.05) is 0 Å². The number of aliphatic hydroxyl groups excluding tert-OH is 2. The van der Waals surface area contributed by atoms with Gasteiger partial charge in [-0.1, -0.05) is 0 Å². The predicted molar refractivity (Wildman–Crippen MR) is 31.2 cm³/mol. The van der Waals surface area contributed by atoms with E-state index in [-0.39, 0.29) is 0 Å². The summed E-state index contributed by atoms with van der Waals surface area (Å²) in [7, 11) is 0. The third-order valence-electron chi connectivity index (χ3n) is 0.970. The summed E-state index contributed by atoms with van der Waals surface area (Å²) < 4.78 is 67.9. The second-order valence-corrected chi connectivity index (χ2v) is 1.97. The van der Waals surface area contributed by atoms with Crippen molar-refractivity contribution < 1.29 is 56.5 Å². The van der Waals surface area contributed by atoms with Crippen LogP contribution in [-0.2, 0) is 20.0 Å². The zero-order valence-corrected chi connectivity index (χ0v) is 8.09. The molecule has 2 N–H and O–H groups in total. The molecule has 0 heterocycles. The average Bonchev–Trinajstić information content (AvgIpc) is 2.02. The van der Waals surface area contributed by atoms with Crippen LogP contribution in [0.15, 0.2) is 0 Å². The fourth-order valence-electron chi connectivity index (χ4n) is 0.358. The third-order valence-corrected chi connectivity index (χ3v) is 0.970. The molecule has 0 fully saturated rings. The Labute approximate surface area is 86.4 Å². The minimum atomic E-state index is -5.48. The van der Waals surface area contributed by atoms with Crippen LogP contribution in [0.1, 0.15) is 0 Å². The van der Waals surface area contributed by atoms with Gasteiger partial charge in [-0.3, -0.25) is 0 Å². The van der Waals surface area contributed by atoms with Crippen LogP contribution in [0, 0.1) is 0 Å². The Kier molecular flexibility index (Phi) is 6.89. The first kappa shape index (κ1) is 16.5. The Morgan fingerprint density at radius 1 is 0.786 bits per heavy atom. The molecule has 0 unspecified atom stereocenters. The number of aliphatic hydroxyl groups is 2. The zero-order valence-electron chi connectivity index (χ0n) is 6.52. The molecule has 0 spiro atoms. The van der Waals surface area contributed by atoms with Crippen molar-refractivity contribution in [2.24, 2.45) is 0 Å². The summed E-state index contributed by atoms with van der Waals surface area (Å²) in [6, 6.07) is 0. The Bertz CT molecular complexity index is 149. The molecule has 0 rings (SSSR count). The molecule has 2 atom stereocenters. The third kappa shape index (κ3) is 5.74. The first-order chi connectivity index (χ1) is 6.07. The first-order valence-electron chi connectivity index (χ1n) is 2.91. The van der Waals surface area contributed by atoms with E-state index in [0.29, 0.717) is 0 Å². The van der Waals surface area contributed by atoms with E-state index in [1.165, 1.54) is 0 Å². The van der Waals surface area contributed by atoms with Crippen LogP contribution in [0.3, 0.4) is 0 Å². The SMILES string of the molecule is O[C@H]([C@@H](O)C(F)(F)F)C(F)(F)F.[CH2]=[Ti]. The van der Waals surface area contributed by atoms with Crippen molar-refractivity contribution in [1.29, 1.82) is 0 Å². The summed E-state index contributed by atoms with van der Waals surface area (Å²) in [4.78, 5) is 3.25. The van der Waals surface area contributed by atoms with E-state index < -0.39 is 24.6 Å². The summed E-state index contributed by atoms with van der Waals surface area (Å²) in [6.45, 7) is 0. The van der Waals surface area contributed by atoms with Gasteiger partial charge in [-0.15, -0.1) is 0 Å². The molecule has 14 heavy (non-hydrogen) atoms. The van der Waals surface area contributed by atoms with Gasteiger partial charge in [0.05, 0.1) is 0 Å². The van der Waals surface area contributed by atoms with Crippen LogP contribution in [0.2, 0.25) is 0 Å². The Balaban J connectivity index is 0. The van der Waals surface area contributed by atoms with Gasteiger partial charge in [0.2, 0.25) is 0 Å². The summed E-state index contributed by atoms with van der Waals surface area (Å²) in [5, 5.41) is 15.8. The van der Waals surface area contributed by atoms with Crippen molar-refractivity contribution in [3.63, 3.8) is 0 Å². The van der Waals surface area contributed by atoms with E-state index in [1.54, 1.807) is 20.0 Å². The Morgan fingerprint density at radius 2 is 0.929 bits per heavy atom. The molecular formula is C5H6F6O2Ti. The summed E-state index contributed by atoms with van der Waals surface area (Å²) >= 11 is 1.75. The molecule has 84 valence electrons. The van der Waals surface area contributed by atoms with Gasteiger partial charge < -0.3 is 10.2 Å². The normalized spacial score (nSPS) is 16.5. The predicted octanol–water partition coefficient (Wildman–Crippen LogP) is 0.798. The Morgan fingerprint density at radius 3 is 1.00 bits per heavy atom. The topological polar surface area (TPSA) is 40.5 Å². The zero-order chi connectivity index (χ0) is 12.2. The van der Waals surface area contributed by atoms with Gasteiger partial charge in [0.25, 0.3) is 0 Å². The van der Waals surface area contributed by atoms with Crippen LogP contribution in [-0.4, -0.2) is 39.6 Å². The van der Waals surface area contributed by atoms with E-state index in [2.05, 4.69) is 4.82 Å². The molecule has 0 aromatic heterocycles. The molecule has 0 aromatic rings. The van der Waals surface area contributed by atoms with Gasteiger partial charge in [-0.2, -0.15) is 26.3 Å². The first-order valence-corrected chi connectivity index (χ1v) is 4.02. The van der Waals surface area contributed by atoms with Gasteiger partial charge in [-0.25, -0.2) is 0 Å². The maximum atomic E-state index is 11.3. The molecule has 0 saturated heterocycles. The number of rotatable bonds is 1. The van der Waals surface area contributed by atoms with Crippen LogP contribution >= 0.6 is 0 Å². The molecule has 0 bridgehead atoms. The minimum absolute atomic E-state index is 1.75. The number of hydrogen-bond acceptors (Lipinski definition) is 2. The molecular weight excluding hydrogens is 254 g/mol. The molecule has 0 aliphatic heterocycles. The molecule has 2 nitrogen and oxygen atoms in total. The molecule has 0 aromatic carbocycles. The maximum absolute atomic E-state index is 11.3. The van der Waals surface area contributed by atoms with Gasteiger partial charge in [0.15, 0.2) is 12.2 Å². The standard InChI is InChI=1S/C4H4F6O2.CH2.Ti/c5-3(6,7)1(11)2(12)4(8,9)10;;/h1-2,11-12H;1H2;/t1-,2-;;/m1../s1. The van der Waals surface area contributed by atoms with E-state index in [1.807, 2.05) is 0 Å². The van der Waals surface area contributed by atoms with Gasteiger partial charge in [0, 0.05) is 0 Å². The monoisotopic (exact) mass is 260 g/mol. The van der Waals surface area contributed by atoms with Crippen molar-refractivity contribution in [1.82, 2.24) is 0 Å². The molecule has 0 radical (unpaired) electrons. The van der Waals surface area contributed by atoms with Crippen LogP contribution in [0.4, 0.5) is 26.3 Å². The summed E-state index contributed by atoms with van der Waals surface area (Å²) in [6.07, 6.45) is -18.5. The van der Waals surface area contributed by atoms with Gasteiger partial charge in [-0.05, 0) is 0 Å².